The average molecular weight is 302 g/mol. The van der Waals surface area contributed by atoms with Crippen molar-refractivity contribution in [2.75, 3.05) is 6.54 Å². The third-order valence-electron chi connectivity index (χ3n) is 3.82. The molecule has 1 aliphatic rings. The minimum absolute atomic E-state index is 0.0151. The van der Waals surface area contributed by atoms with Crippen molar-refractivity contribution in [1.82, 2.24) is 4.90 Å². The van der Waals surface area contributed by atoms with E-state index in [1.54, 1.807) is 12.1 Å². The summed E-state index contributed by atoms with van der Waals surface area (Å²) in [7, 11) is 0. The lowest BCUT2D eigenvalue weighted by Crippen LogP contribution is -2.45. The van der Waals surface area contributed by atoms with Gasteiger partial charge in [0, 0.05) is 22.6 Å². The molecule has 1 heterocycles. The Morgan fingerprint density at radius 2 is 2.21 bits per heavy atom. The highest BCUT2D eigenvalue weighted by atomic mass is 35.5. The van der Waals surface area contributed by atoms with Gasteiger partial charge in [-0.3, -0.25) is 9.69 Å². The summed E-state index contributed by atoms with van der Waals surface area (Å²) in [5.41, 5.74) is 0.951. The molecule has 0 bridgehead atoms. The summed E-state index contributed by atoms with van der Waals surface area (Å²) in [5.74, 6) is -1.01. The first-order valence-corrected chi connectivity index (χ1v) is 7.15. The summed E-state index contributed by atoms with van der Waals surface area (Å²) in [6, 6.07) is 5.40. The second-order valence-corrected chi connectivity index (χ2v) is 5.88. The van der Waals surface area contributed by atoms with Crippen LogP contribution in [0, 0.1) is 5.92 Å². The van der Waals surface area contributed by atoms with Gasteiger partial charge in [0.2, 0.25) is 0 Å². The van der Waals surface area contributed by atoms with Gasteiger partial charge in [0.15, 0.2) is 0 Å². The summed E-state index contributed by atoms with van der Waals surface area (Å²) < 4.78 is 0. The first-order chi connectivity index (χ1) is 8.99. The largest absolute Gasteiger partial charge is 0.481 e. The minimum atomic E-state index is -0.714. The summed E-state index contributed by atoms with van der Waals surface area (Å²) in [4.78, 5) is 13.4. The van der Waals surface area contributed by atoms with Crippen LogP contribution in [-0.2, 0) is 11.3 Å². The number of carboxylic acid groups (broad SMARTS) is 1. The Morgan fingerprint density at radius 1 is 1.47 bits per heavy atom. The van der Waals surface area contributed by atoms with Crippen LogP contribution in [0.1, 0.15) is 25.3 Å². The van der Waals surface area contributed by atoms with E-state index in [2.05, 4.69) is 4.90 Å². The van der Waals surface area contributed by atoms with E-state index < -0.39 is 5.97 Å². The molecule has 1 N–H and O–H groups in total. The van der Waals surface area contributed by atoms with Gasteiger partial charge in [-0.15, -0.1) is 0 Å². The average Bonchev–Trinajstić information content (AvgIpc) is 2.36. The van der Waals surface area contributed by atoms with Gasteiger partial charge >= 0.3 is 5.97 Å². The fourth-order valence-corrected chi connectivity index (χ4v) is 3.02. The Kier molecular flexibility index (Phi) is 4.71. The normalized spacial score (nSPS) is 24.4. The highest BCUT2D eigenvalue weighted by Gasteiger charge is 2.32. The minimum Gasteiger partial charge on any atom is -0.481 e. The highest BCUT2D eigenvalue weighted by molar-refractivity contribution is 6.33. The molecule has 0 aliphatic carbocycles. The second-order valence-electron chi connectivity index (χ2n) is 5.03. The van der Waals surface area contributed by atoms with Crippen LogP contribution in [0.2, 0.25) is 10.0 Å². The maximum Gasteiger partial charge on any atom is 0.308 e. The molecule has 1 aromatic rings. The van der Waals surface area contributed by atoms with Gasteiger partial charge in [0.1, 0.15) is 0 Å². The fourth-order valence-electron chi connectivity index (χ4n) is 2.65. The number of hydrogen-bond acceptors (Lipinski definition) is 2. The molecular weight excluding hydrogens is 285 g/mol. The van der Waals surface area contributed by atoms with E-state index in [0.29, 0.717) is 16.6 Å². The molecule has 0 aromatic heterocycles. The van der Waals surface area contributed by atoms with E-state index in [4.69, 9.17) is 23.2 Å². The van der Waals surface area contributed by atoms with Crippen molar-refractivity contribution < 1.29 is 9.90 Å². The molecule has 2 rings (SSSR count). The van der Waals surface area contributed by atoms with E-state index in [-0.39, 0.29) is 12.0 Å². The Labute approximate surface area is 123 Å². The molecule has 2 atom stereocenters. The molecule has 19 heavy (non-hydrogen) atoms. The van der Waals surface area contributed by atoms with E-state index in [9.17, 15) is 9.90 Å². The van der Waals surface area contributed by atoms with Crippen LogP contribution in [0.15, 0.2) is 18.2 Å². The Morgan fingerprint density at radius 3 is 2.89 bits per heavy atom. The number of carbonyl (C=O) groups is 1. The maximum atomic E-state index is 11.2. The van der Waals surface area contributed by atoms with E-state index in [1.807, 2.05) is 13.0 Å². The number of likely N-dealkylation sites (tertiary alicyclic amines) is 1. The standard InChI is InChI=1S/C14H17Cl2NO2/c1-9-12(14(18)19)3-2-6-17(9)8-10-7-11(15)4-5-13(10)16/h4-5,7,9,12H,2-3,6,8H2,1H3,(H,18,19)/t9-,12-/m1/s1. The number of nitrogens with zero attached hydrogens (tertiary/aromatic N) is 1. The number of hydrogen-bond donors (Lipinski definition) is 1. The number of rotatable bonds is 3. The lowest BCUT2D eigenvalue weighted by Gasteiger charge is -2.37. The van der Waals surface area contributed by atoms with Crippen LogP contribution < -0.4 is 0 Å². The molecule has 1 aromatic carbocycles. The van der Waals surface area contributed by atoms with Gasteiger partial charge in [-0.05, 0) is 50.1 Å². The van der Waals surface area contributed by atoms with Crippen LogP contribution >= 0.6 is 23.2 Å². The van der Waals surface area contributed by atoms with Crippen molar-refractivity contribution in [2.45, 2.75) is 32.4 Å². The monoisotopic (exact) mass is 301 g/mol. The number of carboxylic acids is 1. The molecule has 0 amide bonds. The van der Waals surface area contributed by atoms with Crippen molar-refractivity contribution in [2.24, 2.45) is 5.92 Å². The summed E-state index contributed by atoms with van der Waals surface area (Å²) >= 11 is 12.1. The summed E-state index contributed by atoms with van der Waals surface area (Å²) in [6.07, 6.45) is 1.65. The molecule has 5 heteroatoms. The third-order valence-corrected chi connectivity index (χ3v) is 4.42. The smallest absolute Gasteiger partial charge is 0.308 e. The Bertz CT molecular complexity index is 479. The Hall–Kier alpha value is -0.770. The van der Waals surface area contributed by atoms with Crippen LogP contribution in [0.5, 0.6) is 0 Å². The fraction of sp³-hybridized carbons (Fsp3) is 0.500. The Balaban J connectivity index is 2.13. The van der Waals surface area contributed by atoms with Gasteiger partial charge in [-0.25, -0.2) is 0 Å². The molecule has 0 unspecified atom stereocenters. The molecule has 1 aliphatic heterocycles. The number of piperidine rings is 1. The SMILES string of the molecule is C[C@@H]1[C@H](C(=O)O)CCCN1Cc1cc(Cl)ccc1Cl. The van der Waals surface area contributed by atoms with Crippen molar-refractivity contribution in [1.29, 1.82) is 0 Å². The van der Waals surface area contributed by atoms with Crippen LogP contribution in [0.3, 0.4) is 0 Å². The van der Waals surface area contributed by atoms with Crippen molar-refractivity contribution in [3.63, 3.8) is 0 Å². The van der Waals surface area contributed by atoms with Gasteiger partial charge < -0.3 is 5.11 Å². The number of benzene rings is 1. The number of halogens is 2. The molecule has 1 fully saturated rings. The lowest BCUT2D eigenvalue weighted by molar-refractivity contribution is -0.145. The molecule has 0 spiro atoms. The van der Waals surface area contributed by atoms with Gasteiger partial charge in [-0.1, -0.05) is 23.2 Å². The van der Waals surface area contributed by atoms with Crippen molar-refractivity contribution >= 4 is 29.2 Å². The topological polar surface area (TPSA) is 40.5 Å². The predicted molar refractivity (Wildman–Crippen MR) is 76.7 cm³/mol. The zero-order valence-corrected chi connectivity index (χ0v) is 12.3. The van der Waals surface area contributed by atoms with E-state index >= 15 is 0 Å². The van der Waals surface area contributed by atoms with Gasteiger partial charge in [0.25, 0.3) is 0 Å². The molecule has 104 valence electrons. The zero-order valence-electron chi connectivity index (χ0n) is 10.8. The van der Waals surface area contributed by atoms with E-state index in [1.165, 1.54) is 0 Å². The van der Waals surface area contributed by atoms with Crippen LogP contribution in [-0.4, -0.2) is 28.6 Å². The predicted octanol–water partition coefficient (Wildman–Crippen LogP) is 3.68. The van der Waals surface area contributed by atoms with Crippen LogP contribution in [0.4, 0.5) is 0 Å². The first-order valence-electron chi connectivity index (χ1n) is 6.40. The number of aliphatic carboxylic acids is 1. The van der Waals surface area contributed by atoms with Crippen LogP contribution in [0.25, 0.3) is 0 Å². The van der Waals surface area contributed by atoms with Crippen molar-refractivity contribution in [3.05, 3.63) is 33.8 Å². The summed E-state index contributed by atoms with van der Waals surface area (Å²) in [6.45, 7) is 3.51. The highest BCUT2D eigenvalue weighted by Crippen LogP contribution is 2.28. The third kappa shape index (κ3) is 3.41. The molecule has 3 nitrogen and oxygen atoms in total. The van der Waals surface area contributed by atoms with Gasteiger partial charge in [0.05, 0.1) is 5.92 Å². The quantitative estimate of drug-likeness (QED) is 0.926. The first kappa shape index (κ1) is 14.6. The molecule has 0 saturated carbocycles. The molecule has 1 saturated heterocycles. The van der Waals surface area contributed by atoms with Gasteiger partial charge in [-0.2, -0.15) is 0 Å². The molecular formula is C14H17Cl2NO2. The zero-order chi connectivity index (χ0) is 14.0. The van der Waals surface area contributed by atoms with Crippen molar-refractivity contribution in [3.8, 4) is 0 Å². The lowest BCUT2D eigenvalue weighted by atomic mass is 9.90. The summed E-state index contributed by atoms with van der Waals surface area (Å²) in [5, 5.41) is 10.5. The second kappa shape index (κ2) is 6.12. The maximum absolute atomic E-state index is 11.2. The van der Waals surface area contributed by atoms with E-state index in [0.717, 1.165) is 24.9 Å². The molecule has 0 radical (unpaired) electrons.